The number of sulfone groups is 1. The Morgan fingerprint density at radius 2 is 1.78 bits per heavy atom. The van der Waals surface area contributed by atoms with Crippen LogP contribution in [0.5, 0.6) is 0 Å². The van der Waals surface area contributed by atoms with E-state index < -0.39 is 33.5 Å². The molecular formula is C26H30FN3O5S2. The second-order valence-electron chi connectivity index (χ2n) is 10.2. The number of benzene rings is 2. The number of carbonyl (C=O) groups is 2. The van der Waals surface area contributed by atoms with E-state index in [0.29, 0.717) is 5.17 Å². The molecule has 2 aliphatic heterocycles. The van der Waals surface area contributed by atoms with Crippen LogP contribution in [0, 0.1) is 5.82 Å². The minimum absolute atomic E-state index is 0.000928. The highest BCUT2D eigenvalue weighted by atomic mass is 32.2. The zero-order valence-electron chi connectivity index (χ0n) is 20.9. The first kappa shape index (κ1) is 27.1. The van der Waals surface area contributed by atoms with E-state index in [1.54, 1.807) is 37.8 Å². The number of aliphatic imine (C=N–C) groups is 1. The summed E-state index contributed by atoms with van der Waals surface area (Å²) in [6.45, 7) is 5.47. The van der Waals surface area contributed by atoms with Gasteiger partial charge in [-0.15, -0.1) is 0 Å². The lowest BCUT2D eigenvalue weighted by molar-refractivity contribution is -0.119. The Morgan fingerprint density at radius 1 is 1.11 bits per heavy atom. The summed E-state index contributed by atoms with van der Waals surface area (Å²) >= 11 is 1.25. The number of hydrogen-bond donors (Lipinski definition) is 1. The van der Waals surface area contributed by atoms with Crippen LogP contribution in [0.25, 0.3) is 0 Å². The van der Waals surface area contributed by atoms with Crippen molar-refractivity contribution in [3.05, 3.63) is 71.5 Å². The highest BCUT2D eigenvalue weighted by Crippen LogP contribution is 2.39. The lowest BCUT2D eigenvalue weighted by Gasteiger charge is -2.25. The Morgan fingerprint density at radius 3 is 2.43 bits per heavy atom. The van der Waals surface area contributed by atoms with E-state index in [9.17, 15) is 22.4 Å². The molecule has 0 unspecified atom stereocenters. The molecule has 1 N–H and O–H groups in total. The zero-order chi connectivity index (χ0) is 26.8. The third kappa shape index (κ3) is 7.32. The number of rotatable bonds is 6. The lowest BCUT2D eigenvalue weighted by atomic mass is 10.1. The van der Waals surface area contributed by atoms with Gasteiger partial charge in [-0.05, 0) is 44.0 Å². The summed E-state index contributed by atoms with van der Waals surface area (Å²) in [6.07, 6.45) is -0.522. The van der Waals surface area contributed by atoms with Crippen molar-refractivity contribution in [3.63, 3.8) is 0 Å². The number of amidine groups is 1. The lowest BCUT2D eigenvalue weighted by Crippen LogP contribution is -2.45. The number of nitrogens with zero attached hydrogens (tertiary/aromatic N) is 2. The van der Waals surface area contributed by atoms with Crippen LogP contribution in [0.15, 0.2) is 59.6 Å². The van der Waals surface area contributed by atoms with Crippen LogP contribution in [0.3, 0.4) is 0 Å². The molecule has 3 atom stereocenters. The molecule has 2 aromatic carbocycles. The molecule has 0 spiro atoms. The quantitative estimate of drug-likeness (QED) is 0.590. The first-order valence-electron chi connectivity index (χ1n) is 11.9. The van der Waals surface area contributed by atoms with Crippen molar-refractivity contribution >= 4 is 38.8 Å². The zero-order valence-corrected chi connectivity index (χ0v) is 22.5. The van der Waals surface area contributed by atoms with Crippen LogP contribution in [-0.4, -0.2) is 64.9 Å². The van der Waals surface area contributed by atoms with Gasteiger partial charge in [0.25, 0.3) is 5.91 Å². The van der Waals surface area contributed by atoms with Gasteiger partial charge in [0.15, 0.2) is 15.0 Å². The maximum atomic E-state index is 13.4. The van der Waals surface area contributed by atoms with E-state index in [1.807, 2.05) is 30.3 Å². The average molecular weight is 548 g/mol. The van der Waals surface area contributed by atoms with Crippen LogP contribution >= 0.6 is 11.8 Å². The number of ether oxygens (including phenoxy) is 1. The van der Waals surface area contributed by atoms with Gasteiger partial charge in [0, 0.05) is 18.2 Å². The summed E-state index contributed by atoms with van der Waals surface area (Å²) in [5.74, 6) is -0.979. The third-order valence-corrected chi connectivity index (χ3v) is 9.17. The Hall–Kier alpha value is -2.92. The molecule has 0 aliphatic carbocycles. The van der Waals surface area contributed by atoms with Crippen LogP contribution in [0.1, 0.15) is 31.9 Å². The Balaban J connectivity index is 1.60. The van der Waals surface area contributed by atoms with Gasteiger partial charge in [0.1, 0.15) is 17.5 Å². The van der Waals surface area contributed by atoms with E-state index in [1.165, 1.54) is 23.9 Å². The molecule has 0 aromatic heterocycles. The number of carbonyl (C=O) groups excluding carboxylic acids is 2. The van der Waals surface area contributed by atoms with Crippen LogP contribution in [0.2, 0.25) is 0 Å². The number of fused-ring (bicyclic) bond motifs is 1. The standard InChI is InChI=1S/C26H30FN3O5S2/c1-26(2,3)35-25(32)28-20(13-17-7-5-4-6-8-17)23(31)29-24-30(14-18-9-11-19(27)12-10-18)21-15-37(33,34)16-22(21)36-24/h4-12,20-22H,13-16H2,1-3H3,(H,28,32)/t20-,21-,22-/m1/s1. The average Bonchev–Trinajstić information content (AvgIpc) is 3.25. The van der Waals surface area contributed by atoms with Crippen LogP contribution in [0.4, 0.5) is 9.18 Å². The van der Waals surface area contributed by atoms with Crippen molar-refractivity contribution in [2.75, 3.05) is 11.5 Å². The van der Waals surface area contributed by atoms with Gasteiger partial charge < -0.3 is 15.0 Å². The Labute approximate surface area is 220 Å². The van der Waals surface area contributed by atoms with Gasteiger partial charge in [-0.3, -0.25) is 4.79 Å². The first-order chi connectivity index (χ1) is 17.4. The second-order valence-corrected chi connectivity index (χ2v) is 13.5. The number of halogens is 1. The minimum atomic E-state index is -3.22. The summed E-state index contributed by atoms with van der Waals surface area (Å²) in [5.41, 5.74) is 0.856. The maximum absolute atomic E-state index is 13.4. The number of hydrogen-bond acceptors (Lipinski definition) is 6. The van der Waals surface area contributed by atoms with E-state index in [2.05, 4.69) is 10.3 Å². The van der Waals surface area contributed by atoms with Gasteiger partial charge in [0.05, 0.1) is 17.5 Å². The molecule has 0 radical (unpaired) electrons. The van der Waals surface area contributed by atoms with Crippen LogP contribution in [-0.2, 0) is 32.3 Å². The largest absolute Gasteiger partial charge is 0.444 e. The van der Waals surface area contributed by atoms with E-state index in [4.69, 9.17) is 4.74 Å². The summed E-state index contributed by atoms with van der Waals surface area (Å²) in [6, 6.07) is 13.8. The number of amides is 2. The minimum Gasteiger partial charge on any atom is -0.444 e. The van der Waals surface area contributed by atoms with Gasteiger partial charge in [-0.1, -0.05) is 54.2 Å². The van der Waals surface area contributed by atoms with Gasteiger partial charge in [-0.25, -0.2) is 17.6 Å². The molecular weight excluding hydrogens is 517 g/mol. The number of thioether (sulfide) groups is 1. The molecule has 0 bridgehead atoms. The molecule has 198 valence electrons. The Bertz CT molecular complexity index is 1280. The molecule has 0 saturated carbocycles. The molecule has 2 saturated heterocycles. The molecule has 8 nitrogen and oxygen atoms in total. The molecule has 2 fully saturated rings. The number of alkyl carbamates (subject to hydrolysis) is 1. The maximum Gasteiger partial charge on any atom is 0.408 e. The van der Waals surface area contributed by atoms with Gasteiger partial charge >= 0.3 is 6.09 Å². The van der Waals surface area contributed by atoms with Crippen LogP contribution < -0.4 is 5.32 Å². The fourth-order valence-corrected chi connectivity index (χ4v) is 8.24. The normalized spacial score (nSPS) is 22.5. The van der Waals surface area contributed by atoms with Crippen molar-refractivity contribution in [2.45, 2.75) is 56.7 Å². The summed E-state index contributed by atoms with van der Waals surface area (Å²) in [5, 5.41) is 2.78. The van der Waals surface area contributed by atoms with Gasteiger partial charge in [-0.2, -0.15) is 4.99 Å². The fourth-order valence-electron chi connectivity index (χ4n) is 4.28. The SMILES string of the molecule is CC(C)(C)OC(=O)N[C@H](Cc1ccccc1)C(=O)N=C1S[C@@H]2CS(=O)(=O)C[C@H]2N1Cc1ccc(F)cc1. The molecule has 2 aromatic rings. The highest BCUT2D eigenvalue weighted by Gasteiger charge is 2.49. The second kappa shape index (κ2) is 10.8. The smallest absolute Gasteiger partial charge is 0.408 e. The van der Waals surface area contributed by atoms with E-state index in [-0.39, 0.29) is 41.6 Å². The summed E-state index contributed by atoms with van der Waals surface area (Å²) in [7, 11) is -3.22. The van der Waals surface area contributed by atoms with Crippen molar-refractivity contribution in [1.29, 1.82) is 0 Å². The van der Waals surface area contributed by atoms with Crippen molar-refractivity contribution in [1.82, 2.24) is 10.2 Å². The van der Waals surface area contributed by atoms with Gasteiger partial charge in [0.2, 0.25) is 0 Å². The topological polar surface area (TPSA) is 105 Å². The molecule has 2 amide bonds. The van der Waals surface area contributed by atoms with Crippen molar-refractivity contribution < 1.29 is 27.1 Å². The molecule has 37 heavy (non-hydrogen) atoms. The fraction of sp³-hybridized carbons (Fsp3) is 0.423. The molecule has 2 aliphatic rings. The third-order valence-electron chi connectivity index (χ3n) is 5.92. The highest BCUT2D eigenvalue weighted by molar-refractivity contribution is 8.15. The molecule has 2 heterocycles. The molecule has 11 heteroatoms. The predicted molar refractivity (Wildman–Crippen MR) is 142 cm³/mol. The summed E-state index contributed by atoms with van der Waals surface area (Å²) in [4.78, 5) is 32.1. The monoisotopic (exact) mass is 547 g/mol. The summed E-state index contributed by atoms with van der Waals surface area (Å²) < 4.78 is 43.4. The number of nitrogens with one attached hydrogen (secondary N) is 1. The molecule has 4 rings (SSSR count). The Kier molecular flexibility index (Phi) is 7.94. The first-order valence-corrected chi connectivity index (χ1v) is 14.6. The van der Waals surface area contributed by atoms with E-state index in [0.717, 1.165) is 11.1 Å². The van der Waals surface area contributed by atoms with Crippen molar-refractivity contribution in [2.24, 2.45) is 4.99 Å². The predicted octanol–water partition coefficient (Wildman–Crippen LogP) is 3.56. The van der Waals surface area contributed by atoms with E-state index >= 15 is 0 Å². The van der Waals surface area contributed by atoms with Crippen molar-refractivity contribution in [3.8, 4) is 0 Å².